The minimum atomic E-state index is -0.144. The van der Waals surface area contributed by atoms with E-state index < -0.39 is 0 Å². The Balaban J connectivity index is 1.34. The molecule has 1 saturated carbocycles. The van der Waals surface area contributed by atoms with Crippen LogP contribution in [0.3, 0.4) is 0 Å². The van der Waals surface area contributed by atoms with E-state index in [2.05, 4.69) is 15.6 Å². The molecule has 1 aromatic heterocycles. The maximum atomic E-state index is 12.9. The van der Waals surface area contributed by atoms with Crippen molar-refractivity contribution >= 4 is 11.8 Å². The third kappa shape index (κ3) is 4.31. The van der Waals surface area contributed by atoms with E-state index >= 15 is 0 Å². The van der Waals surface area contributed by atoms with Gasteiger partial charge in [-0.15, -0.1) is 5.10 Å². The maximum Gasteiger partial charge on any atom is 0.273 e. The zero-order chi connectivity index (χ0) is 18.6. The van der Waals surface area contributed by atoms with Crippen LogP contribution < -0.4 is 5.32 Å². The van der Waals surface area contributed by atoms with Gasteiger partial charge in [-0.3, -0.25) is 9.59 Å². The summed E-state index contributed by atoms with van der Waals surface area (Å²) in [5.74, 6) is 0.192. The van der Waals surface area contributed by atoms with Crippen molar-refractivity contribution < 1.29 is 14.3 Å². The van der Waals surface area contributed by atoms with Gasteiger partial charge < -0.3 is 15.0 Å². The number of hydrogen-bond donors (Lipinski definition) is 1. The molecular formula is C19H29N5O3. The number of amides is 2. The van der Waals surface area contributed by atoms with E-state index in [0.717, 1.165) is 45.1 Å². The molecular weight excluding hydrogens is 346 g/mol. The van der Waals surface area contributed by atoms with Crippen LogP contribution in [0.15, 0.2) is 6.20 Å². The van der Waals surface area contributed by atoms with Crippen LogP contribution in [0.4, 0.5) is 0 Å². The highest BCUT2D eigenvalue weighted by Gasteiger charge is 2.34. The largest absolute Gasteiger partial charge is 0.381 e. The van der Waals surface area contributed by atoms with Gasteiger partial charge in [-0.2, -0.15) is 0 Å². The molecule has 4 rings (SSSR count). The van der Waals surface area contributed by atoms with E-state index in [1.54, 1.807) is 10.9 Å². The normalized spacial score (nSPS) is 24.4. The van der Waals surface area contributed by atoms with Gasteiger partial charge in [0.2, 0.25) is 5.91 Å². The van der Waals surface area contributed by atoms with Crippen molar-refractivity contribution in [3.8, 4) is 0 Å². The molecule has 0 bridgehead atoms. The molecule has 27 heavy (non-hydrogen) atoms. The minimum absolute atomic E-state index is 0.0860. The average molecular weight is 375 g/mol. The molecule has 2 aliphatic heterocycles. The molecule has 8 nitrogen and oxygen atoms in total. The molecule has 148 valence electrons. The Hall–Kier alpha value is -1.96. The summed E-state index contributed by atoms with van der Waals surface area (Å²) < 4.78 is 7.09. The van der Waals surface area contributed by atoms with Gasteiger partial charge in [0, 0.05) is 31.7 Å². The molecule has 1 N–H and O–H groups in total. The fourth-order valence-corrected chi connectivity index (χ4v) is 4.53. The summed E-state index contributed by atoms with van der Waals surface area (Å²) in [6, 6.07) is 0.401. The van der Waals surface area contributed by atoms with Gasteiger partial charge in [-0.05, 0) is 38.5 Å². The molecule has 0 radical (unpaired) electrons. The molecule has 1 atom stereocenters. The third-order valence-corrected chi connectivity index (χ3v) is 6.09. The fourth-order valence-electron chi connectivity index (χ4n) is 4.53. The van der Waals surface area contributed by atoms with Crippen LogP contribution in [0.5, 0.6) is 0 Å². The van der Waals surface area contributed by atoms with Crippen LogP contribution in [0.1, 0.15) is 61.9 Å². The summed E-state index contributed by atoms with van der Waals surface area (Å²) >= 11 is 0. The van der Waals surface area contributed by atoms with Crippen LogP contribution in [0.2, 0.25) is 0 Å². The van der Waals surface area contributed by atoms with Gasteiger partial charge in [0.25, 0.3) is 5.91 Å². The first kappa shape index (κ1) is 18.4. The molecule has 1 aromatic rings. The average Bonchev–Trinajstić information content (AvgIpc) is 3.44. The Morgan fingerprint density at radius 2 is 1.89 bits per heavy atom. The van der Waals surface area contributed by atoms with Gasteiger partial charge in [-0.25, -0.2) is 4.68 Å². The summed E-state index contributed by atoms with van der Waals surface area (Å²) in [6.07, 6.45) is 9.78. The number of rotatable bonds is 5. The van der Waals surface area contributed by atoms with Gasteiger partial charge in [0.1, 0.15) is 0 Å². The quantitative estimate of drug-likeness (QED) is 0.840. The number of nitrogens with one attached hydrogen (secondary N) is 1. The molecule has 2 saturated heterocycles. The van der Waals surface area contributed by atoms with Gasteiger partial charge in [0.05, 0.1) is 18.8 Å². The Bertz CT molecular complexity index is 664. The zero-order valence-corrected chi connectivity index (χ0v) is 15.8. The molecule has 0 unspecified atom stereocenters. The number of aromatic nitrogens is 3. The first-order valence-electron chi connectivity index (χ1n) is 10.3. The van der Waals surface area contributed by atoms with Crippen molar-refractivity contribution in [3.05, 3.63) is 11.9 Å². The van der Waals surface area contributed by atoms with E-state index in [4.69, 9.17) is 4.74 Å². The van der Waals surface area contributed by atoms with E-state index in [-0.39, 0.29) is 29.8 Å². The SMILES string of the molecule is O=C(NC1CCCC1)c1cn(C[C@@H]2CCCN2C(=O)C2CCOCC2)nn1. The minimum Gasteiger partial charge on any atom is -0.381 e. The van der Waals surface area contributed by atoms with Crippen LogP contribution >= 0.6 is 0 Å². The molecule has 0 spiro atoms. The molecule has 8 heteroatoms. The summed E-state index contributed by atoms with van der Waals surface area (Å²) in [5, 5.41) is 11.2. The molecule has 3 heterocycles. The lowest BCUT2D eigenvalue weighted by molar-refractivity contribution is -0.139. The second-order valence-electron chi connectivity index (χ2n) is 7.99. The van der Waals surface area contributed by atoms with E-state index in [9.17, 15) is 9.59 Å². The molecule has 2 amide bonds. The fraction of sp³-hybridized carbons (Fsp3) is 0.789. The Morgan fingerprint density at radius 3 is 2.67 bits per heavy atom. The third-order valence-electron chi connectivity index (χ3n) is 6.09. The van der Waals surface area contributed by atoms with Gasteiger partial charge in [-0.1, -0.05) is 18.1 Å². The van der Waals surface area contributed by atoms with Gasteiger partial charge in [0.15, 0.2) is 5.69 Å². The molecule has 3 fully saturated rings. The van der Waals surface area contributed by atoms with Crippen molar-refractivity contribution in [2.24, 2.45) is 5.92 Å². The van der Waals surface area contributed by atoms with Crippen molar-refractivity contribution in [2.75, 3.05) is 19.8 Å². The van der Waals surface area contributed by atoms with Crippen LogP contribution in [0, 0.1) is 5.92 Å². The summed E-state index contributed by atoms with van der Waals surface area (Å²) in [7, 11) is 0. The number of ether oxygens (including phenoxy) is 1. The lowest BCUT2D eigenvalue weighted by atomic mass is 9.98. The Labute approximate surface area is 159 Å². The standard InChI is InChI=1S/C19H29N5O3/c25-18(20-15-4-1-2-5-15)17-13-23(22-21-17)12-16-6-3-9-24(16)19(26)14-7-10-27-11-8-14/h13-16H,1-12H2,(H,20,25)/t16-/m0/s1. The van der Waals surface area contributed by atoms with Gasteiger partial charge >= 0.3 is 0 Å². The first-order chi connectivity index (χ1) is 13.2. The van der Waals surface area contributed by atoms with E-state index in [1.807, 2.05) is 4.90 Å². The second-order valence-corrected chi connectivity index (χ2v) is 7.99. The van der Waals surface area contributed by atoms with Crippen molar-refractivity contribution in [1.29, 1.82) is 0 Å². The Kier molecular flexibility index (Phi) is 5.71. The predicted molar refractivity (Wildman–Crippen MR) is 98.0 cm³/mol. The molecule has 3 aliphatic rings. The van der Waals surface area contributed by atoms with Crippen LogP contribution in [-0.2, 0) is 16.1 Å². The van der Waals surface area contributed by atoms with Crippen LogP contribution in [0.25, 0.3) is 0 Å². The molecule has 1 aliphatic carbocycles. The first-order valence-corrected chi connectivity index (χ1v) is 10.3. The summed E-state index contributed by atoms with van der Waals surface area (Å²) in [5.41, 5.74) is 0.363. The highest BCUT2D eigenvalue weighted by molar-refractivity contribution is 5.92. The second kappa shape index (κ2) is 8.37. The monoisotopic (exact) mass is 375 g/mol. The summed E-state index contributed by atoms with van der Waals surface area (Å²) in [6.45, 7) is 2.76. The highest BCUT2D eigenvalue weighted by atomic mass is 16.5. The zero-order valence-electron chi connectivity index (χ0n) is 15.8. The van der Waals surface area contributed by atoms with E-state index in [0.29, 0.717) is 25.5 Å². The van der Waals surface area contributed by atoms with Crippen molar-refractivity contribution in [2.45, 2.75) is 70.0 Å². The topological polar surface area (TPSA) is 89.4 Å². The van der Waals surface area contributed by atoms with E-state index in [1.165, 1.54) is 12.8 Å². The lowest BCUT2D eigenvalue weighted by Crippen LogP contribution is -2.43. The number of nitrogens with zero attached hydrogens (tertiary/aromatic N) is 4. The summed E-state index contributed by atoms with van der Waals surface area (Å²) in [4.78, 5) is 27.2. The van der Waals surface area contributed by atoms with Crippen LogP contribution in [-0.4, -0.2) is 63.6 Å². The molecule has 0 aromatic carbocycles. The lowest BCUT2D eigenvalue weighted by Gasteiger charge is -2.30. The number of carbonyl (C=O) groups is 2. The van der Waals surface area contributed by atoms with Crippen molar-refractivity contribution in [1.82, 2.24) is 25.2 Å². The number of likely N-dealkylation sites (tertiary alicyclic amines) is 1. The predicted octanol–water partition coefficient (Wildman–Crippen LogP) is 1.37. The smallest absolute Gasteiger partial charge is 0.273 e. The maximum absolute atomic E-state index is 12.9. The highest BCUT2D eigenvalue weighted by Crippen LogP contribution is 2.25. The number of hydrogen-bond acceptors (Lipinski definition) is 5. The Morgan fingerprint density at radius 1 is 1.11 bits per heavy atom. The van der Waals surface area contributed by atoms with Crippen molar-refractivity contribution in [3.63, 3.8) is 0 Å². The number of carbonyl (C=O) groups excluding carboxylic acids is 2.